The molecule has 3 rings (SSSR count). The summed E-state index contributed by atoms with van der Waals surface area (Å²) in [6, 6.07) is 18.3. The Balaban J connectivity index is 1.42. The molecule has 0 aliphatic carbocycles. The van der Waals surface area contributed by atoms with Crippen molar-refractivity contribution in [3.8, 4) is 5.75 Å². The molecule has 0 radical (unpaired) electrons. The molecule has 0 aromatic heterocycles. The molecule has 0 saturated carbocycles. The third-order valence-electron chi connectivity index (χ3n) is 4.60. The Hall–Kier alpha value is -2.90. The molecule has 6 nitrogen and oxygen atoms in total. The smallest absolute Gasteiger partial charge is 0.307 e. The number of hydrogen-bond donors (Lipinski definition) is 1. The second-order valence-corrected chi connectivity index (χ2v) is 8.76. The Morgan fingerprint density at radius 3 is 2.50 bits per heavy atom. The average molecular weight is 428 g/mol. The van der Waals surface area contributed by atoms with Crippen molar-refractivity contribution in [3.63, 3.8) is 0 Å². The molecule has 0 unspecified atom stereocenters. The molecular weight excluding hydrogens is 402 g/mol. The molecule has 0 aliphatic rings. The highest BCUT2D eigenvalue weighted by molar-refractivity contribution is 7.89. The summed E-state index contributed by atoms with van der Waals surface area (Å²) in [6.07, 6.45) is -0.0592. The Bertz CT molecular complexity index is 1140. The third-order valence-corrected chi connectivity index (χ3v) is 6.06. The maximum Gasteiger partial charge on any atom is 0.307 e. The molecule has 1 N–H and O–H groups in total. The highest BCUT2D eigenvalue weighted by atomic mass is 32.2. The number of carbonyl (C=O) groups excluding carboxylic acids is 1. The van der Waals surface area contributed by atoms with E-state index >= 15 is 0 Å². The van der Waals surface area contributed by atoms with Crippen LogP contribution in [0.4, 0.5) is 0 Å². The average Bonchev–Trinajstić information content (AvgIpc) is 2.73. The summed E-state index contributed by atoms with van der Waals surface area (Å²) in [5, 5.41) is 1.80. The highest BCUT2D eigenvalue weighted by Crippen LogP contribution is 2.19. The summed E-state index contributed by atoms with van der Waals surface area (Å²) >= 11 is 0. The molecule has 7 heteroatoms. The number of benzene rings is 3. The van der Waals surface area contributed by atoms with Gasteiger partial charge in [0.25, 0.3) is 0 Å². The molecule has 0 fully saturated rings. The highest BCUT2D eigenvalue weighted by Gasteiger charge is 2.15. The molecule has 30 heavy (non-hydrogen) atoms. The van der Waals surface area contributed by atoms with Gasteiger partial charge in [0.05, 0.1) is 11.3 Å². The van der Waals surface area contributed by atoms with Gasteiger partial charge in [0.2, 0.25) is 10.0 Å². The van der Waals surface area contributed by atoms with E-state index in [2.05, 4.69) is 4.72 Å². The van der Waals surface area contributed by atoms with Gasteiger partial charge in [0.1, 0.15) is 19.0 Å². The van der Waals surface area contributed by atoms with Crippen LogP contribution in [0.2, 0.25) is 0 Å². The van der Waals surface area contributed by atoms with Crippen LogP contribution in [0.15, 0.2) is 65.6 Å². The largest absolute Gasteiger partial charge is 0.490 e. The monoisotopic (exact) mass is 427 g/mol. The second-order valence-electron chi connectivity index (χ2n) is 6.99. The van der Waals surface area contributed by atoms with Gasteiger partial charge in [0.15, 0.2) is 0 Å². The first kappa shape index (κ1) is 21.8. The van der Waals surface area contributed by atoms with E-state index in [-0.39, 0.29) is 31.1 Å². The minimum Gasteiger partial charge on any atom is -0.490 e. The topological polar surface area (TPSA) is 81.7 Å². The second kappa shape index (κ2) is 9.73. The first-order valence-electron chi connectivity index (χ1n) is 9.69. The van der Waals surface area contributed by atoms with Crippen LogP contribution < -0.4 is 9.46 Å². The molecule has 0 saturated heterocycles. The number of rotatable bonds is 9. The van der Waals surface area contributed by atoms with Crippen molar-refractivity contribution < 1.29 is 22.7 Å². The summed E-state index contributed by atoms with van der Waals surface area (Å²) in [7, 11) is -3.70. The fraction of sp³-hybridized carbons (Fsp3) is 0.261. The number of ether oxygens (including phenoxy) is 2. The zero-order chi connectivity index (χ0) is 21.6. The lowest BCUT2D eigenvalue weighted by atomic mass is 10.1. The fourth-order valence-electron chi connectivity index (χ4n) is 2.95. The van der Waals surface area contributed by atoms with Crippen molar-refractivity contribution in [1.82, 2.24) is 4.72 Å². The van der Waals surface area contributed by atoms with Crippen LogP contribution in [0.5, 0.6) is 5.75 Å². The molecule has 0 heterocycles. The lowest BCUT2D eigenvalue weighted by molar-refractivity contribution is -0.144. The van der Waals surface area contributed by atoms with Crippen molar-refractivity contribution >= 4 is 26.8 Å². The molecule has 0 aliphatic heterocycles. The third kappa shape index (κ3) is 5.81. The van der Waals surface area contributed by atoms with E-state index in [1.807, 2.05) is 56.3 Å². The first-order valence-corrected chi connectivity index (χ1v) is 11.2. The van der Waals surface area contributed by atoms with Crippen LogP contribution in [0, 0.1) is 13.8 Å². The van der Waals surface area contributed by atoms with E-state index in [9.17, 15) is 13.2 Å². The fourth-order valence-corrected chi connectivity index (χ4v) is 4.01. The summed E-state index contributed by atoms with van der Waals surface area (Å²) in [4.78, 5) is 12.0. The quantitative estimate of drug-likeness (QED) is 0.415. The Labute approximate surface area is 176 Å². The van der Waals surface area contributed by atoms with Gasteiger partial charge in [-0.25, -0.2) is 13.1 Å². The van der Waals surface area contributed by atoms with Crippen molar-refractivity contribution in [1.29, 1.82) is 0 Å². The van der Waals surface area contributed by atoms with Gasteiger partial charge < -0.3 is 9.47 Å². The number of hydrogen-bond acceptors (Lipinski definition) is 5. The minimum atomic E-state index is -3.70. The molecule has 3 aromatic carbocycles. The van der Waals surface area contributed by atoms with E-state index in [0.717, 1.165) is 27.6 Å². The van der Waals surface area contributed by atoms with Crippen molar-refractivity contribution in [3.05, 3.63) is 71.8 Å². The summed E-state index contributed by atoms with van der Waals surface area (Å²) in [6.45, 7) is 4.22. The van der Waals surface area contributed by atoms with Crippen LogP contribution in [-0.4, -0.2) is 34.1 Å². The van der Waals surface area contributed by atoms with E-state index < -0.39 is 16.0 Å². The number of sulfonamides is 1. The normalized spacial score (nSPS) is 11.4. The summed E-state index contributed by atoms with van der Waals surface area (Å²) in [5.74, 6) is 0.273. The Morgan fingerprint density at radius 2 is 1.70 bits per heavy atom. The Morgan fingerprint density at radius 1 is 0.933 bits per heavy atom. The van der Waals surface area contributed by atoms with Crippen molar-refractivity contribution in [2.45, 2.75) is 25.2 Å². The number of aryl methyl sites for hydroxylation is 2. The van der Waals surface area contributed by atoms with Gasteiger partial charge >= 0.3 is 5.97 Å². The summed E-state index contributed by atoms with van der Waals surface area (Å²) in [5.41, 5.74) is 2.10. The molecule has 0 bridgehead atoms. The lowest BCUT2D eigenvalue weighted by Gasteiger charge is -2.11. The van der Waals surface area contributed by atoms with Crippen LogP contribution in [0.3, 0.4) is 0 Å². The maximum atomic E-state index is 12.5. The Kier molecular flexibility index (Phi) is 7.07. The van der Waals surface area contributed by atoms with Gasteiger partial charge in [-0.05, 0) is 53.9 Å². The van der Waals surface area contributed by atoms with Crippen molar-refractivity contribution in [2.24, 2.45) is 0 Å². The zero-order valence-corrected chi connectivity index (χ0v) is 17.9. The predicted octanol–water partition coefficient (Wildman–Crippen LogP) is 3.75. The number of nitrogens with one attached hydrogen (secondary N) is 1. The van der Waals surface area contributed by atoms with E-state index in [0.29, 0.717) is 0 Å². The van der Waals surface area contributed by atoms with E-state index in [1.54, 1.807) is 18.2 Å². The molecule has 158 valence electrons. The number of fused-ring (bicyclic) bond motifs is 1. The van der Waals surface area contributed by atoms with Crippen LogP contribution >= 0.6 is 0 Å². The standard InChI is InChI=1S/C23H25NO5S/c1-17-7-8-18(2)22(15-17)28-13-14-29-23(25)11-12-24-30(26,27)21-10-9-19-5-3-4-6-20(19)16-21/h3-10,15-16,24H,11-14H2,1-2H3. The molecular formula is C23H25NO5S. The van der Waals surface area contributed by atoms with E-state index in [1.165, 1.54) is 0 Å². The van der Waals surface area contributed by atoms with Gasteiger partial charge in [-0.2, -0.15) is 0 Å². The number of carbonyl (C=O) groups is 1. The van der Waals surface area contributed by atoms with Gasteiger partial charge in [-0.3, -0.25) is 4.79 Å². The minimum absolute atomic E-state index is 0.0359. The molecule has 3 aromatic rings. The zero-order valence-electron chi connectivity index (χ0n) is 17.1. The molecule has 0 spiro atoms. The van der Waals surface area contributed by atoms with Gasteiger partial charge in [-0.15, -0.1) is 0 Å². The van der Waals surface area contributed by atoms with Crippen molar-refractivity contribution in [2.75, 3.05) is 19.8 Å². The first-order chi connectivity index (χ1) is 14.3. The lowest BCUT2D eigenvalue weighted by Crippen LogP contribution is -2.27. The predicted molar refractivity (Wildman–Crippen MR) is 116 cm³/mol. The van der Waals surface area contributed by atoms with Crippen LogP contribution in [-0.2, 0) is 19.6 Å². The molecule has 0 amide bonds. The van der Waals surface area contributed by atoms with Crippen LogP contribution in [0.1, 0.15) is 17.5 Å². The van der Waals surface area contributed by atoms with Crippen LogP contribution in [0.25, 0.3) is 10.8 Å². The summed E-state index contributed by atoms with van der Waals surface area (Å²) < 4.78 is 38.1. The van der Waals surface area contributed by atoms with Gasteiger partial charge in [0, 0.05) is 6.54 Å². The maximum absolute atomic E-state index is 12.5. The van der Waals surface area contributed by atoms with Gasteiger partial charge in [-0.1, -0.05) is 42.5 Å². The SMILES string of the molecule is Cc1ccc(C)c(OCCOC(=O)CCNS(=O)(=O)c2ccc3ccccc3c2)c1. The molecule has 0 atom stereocenters. The van der Waals surface area contributed by atoms with E-state index in [4.69, 9.17) is 9.47 Å². The number of esters is 1.